The Bertz CT molecular complexity index is 1560. The van der Waals surface area contributed by atoms with Crippen LogP contribution >= 0.6 is 21.6 Å². The van der Waals surface area contributed by atoms with Crippen LogP contribution in [-0.2, 0) is 21.7 Å². The molecule has 0 amide bonds. The summed E-state index contributed by atoms with van der Waals surface area (Å²) in [6.07, 6.45) is 0.0554. The summed E-state index contributed by atoms with van der Waals surface area (Å²) in [7, 11) is 8.88. The monoisotopic (exact) mass is 638 g/mol. The van der Waals surface area contributed by atoms with Crippen LogP contribution in [0.25, 0.3) is 11.1 Å². The van der Waals surface area contributed by atoms with E-state index in [4.69, 9.17) is 18.9 Å². The first-order valence-electron chi connectivity index (χ1n) is 14.8. The highest BCUT2D eigenvalue weighted by molar-refractivity contribution is 8.76. The number of carbonyl (C=O) groups excluding carboxylic acids is 1. The summed E-state index contributed by atoms with van der Waals surface area (Å²) in [6.45, 7) is 2.77. The number of phenols is 2. The minimum Gasteiger partial charge on any atom is -0.508 e. The second kappa shape index (κ2) is 13.0. The Morgan fingerprint density at radius 2 is 1.84 bits per heavy atom. The highest BCUT2D eigenvalue weighted by atomic mass is 33.1. The Kier molecular flexibility index (Phi) is 9.09. The largest absolute Gasteiger partial charge is 0.508 e. The summed E-state index contributed by atoms with van der Waals surface area (Å²) in [5.41, 5.74) is 6.99. The maximum Gasteiger partial charge on any atom is 0.302 e. The van der Waals surface area contributed by atoms with Gasteiger partial charge in [-0.25, -0.2) is 0 Å². The van der Waals surface area contributed by atoms with E-state index in [1.165, 1.54) is 6.92 Å². The number of methoxy groups -OCH3 is 1. The van der Waals surface area contributed by atoms with Crippen molar-refractivity contribution in [2.75, 3.05) is 46.7 Å². The molecule has 0 unspecified atom stereocenters. The zero-order valence-electron chi connectivity index (χ0n) is 25.3. The number of nitrogens with one attached hydrogen (secondary N) is 2. The first kappa shape index (κ1) is 30.8. The molecule has 2 bridgehead atoms. The fraction of sp³-hybridized carbons (Fsp3) is 0.424. The summed E-state index contributed by atoms with van der Waals surface area (Å²) in [5, 5.41) is 27.9. The third kappa shape index (κ3) is 5.78. The van der Waals surface area contributed by atoms with E-state index in [9.17, 15) is 15.0 Å². The molecule has 3 atom stereocenters. The van der Waals surface area contributed by atoms with E-state index in [1.54, 1.807) is 40.8 Å². The van der Waals surface area contributed by atoms with Gasteiger partial charge in [-0.15, -0.1) is 0 Å². The standard InChI is InChI=1S/C33H38N2O7S2/c1-17(36)40-14-26-23-5-6-24-30-18(8-21(37)10-29(30)39-4)7-20-16-44-43-15-19-9-27(38)28(41-22(12-34-2)13-35-3)11-25(19)32(26)42-33(23)31(20)24/h5-6,8-11,20,22,26,32,34-35,37-38H,7,12-16H2,1-4H3/t20-,26+,32-/m1/s1. The third-order valence-corrected chi connectivity index (χ3v) is 10.9. The fourth-order valence-electron chi connectivity index (χ4n) is 6.63. The summed E-state index contributed by atoms with van der Waals surface area (Å²) in [6, 6.07) is 11.4. The molecule has 0 radical (unpaired) electrons. The SMILES string of the molecule is CNCC(CNC)Oc1cc2c(cc1O)CSSC[C@H]1Cc3cc(O)cc(OC)c3-c3ccc4c(c31)O[C@H]2[C@H]4COC(C)=O. The molecule has 6 rings (SSSR count). The van der Waals surface area contributed by atoms with E-state index in [0.717, 1.165) is 56.9 Å². The smallest absolute Gasteiger partial charge is 0.302 e. The van der Waals surface area contributed by atoms with Crippen molar-refractivity contribution in [3.63, 3.8) is 0 Å². The van der Waals surface area contributed by atoms with E-state index >= 15 is 0 Å². The van der Waals surface area contributed by atoms with Gasteiger partial charge in [0.05, 0.1) is 13.0 Å². The van der Waals surface area contributed by atoms with E-state index < -0.39 is 6.10 Å². The number of hydrogen-bond donors (Lipinski definition) is 4. The van der Waals surface area contributed by atoms with Gasteiger partial charge in [-0.2, -0.15) is 0 Å². The number of benzene rings is 3. The second-order valence-corrected chi connectivity index (χ2v) is 13.9. The Balaban J connectivity index is 1.51. The van der Waals surface area contributed by atoms with Gasteiger partial charge in [-0.3, -0.25) is 4.79 Å². The minimum atomic E-state index is -0.465. The van der Waals surface area contributed by atoms with Gasteiger partial charge in [0.1, 0.15) is 36.1 Å². The number of carbonyl (C=O) groups is 1. The van der Waals surface area contributed by atoms with Crippen LogP contribution in [0, 0.1) is 0 Å². The molecule has 1 aliphatic carbocycles. The van der Waals surface area contributed by atoms with Crippen molar-refractivity contribution in [1.29, 1.82) is 0 Å². The highest BCUT2D eigenvalue weighted by Crippen LogP contribution is 2.58. The second-order valence-electron chi connectivity index (χ2n) is 11.4. The third-order valence-electron chi connectivity index (χ3n) is 8.49. The summed E-state index contributed by atoms with van der Waals surface area (Å²) in [4.78, 5) is 12.0. The molecule has 0 fully saturated rings. The first-order chi connectivity index (χ1) is 21.3. The lowest BCUT2D eigenvalue weighted by Crippen LogP contribution is -2.37. The van der Waals surface area contributed by atoms with Gasteiger partial charge in [0.2, 0.25) is 0 Å². The van der Waals surface area contributed by atoms with Gasteiger partial charge < -0.3 is 39.8 Å². The molecule has 3 aromatic rings. The maximum atomic E-state index is 12.0. The van der Waals surface area contributed by atoms with Gasteiger partial charge in [0.25, 0.3) is 0 Å². The predicted molar refractivity (Wildman–Crippen MR) is 173 cm³/mol. The lowest BCUT2D eigenvalue weighted by atomic mass is 9.77. The van der Waals surface area contributed by atoms with Crippen LogP contribution in [0.15, 0.2) is 36.4 Å². The van der Waals surface area contributed by atoms with E-state index in [0.29, 0.717) is 30.3 Å². The van der Waals surface area contributed by atoms with Crippen molar-refractivity contribution in [1.82, 2.24) is 10.6 Å². The topological polar surface area (TPSA) is 119 Å². The number of ether oxygens (including phenoxy) is 4. The van der Waals surface area contributed by atoms with Crippen molar-refractivity contribution in [3.8, 4) is 39.9 Å². The first-order valence-corrected chi connectivity index (χ1v) is 17.2. The molecule has 3 aromatic carbocycles. The molecule has 4 N–H and O–H groups in total. The predicted octanol–water partition coefficient (Wildman–Crippen LogP) is 5.27. The molecule has 0 saturated carbocycles. The minimum absolute atomic E-state index is 0.0783. The van der Waals surface area contributed by atoms with Crippen molar-refractivity contribution in [3.05, 3.63) is 64.2 Å². The lowest BCUT2D eigenvalue weighted by molar-refractivity contribution is -0.141. The van der Waals surface area contributed by atoms with Crippen LogP contribution in [-0.4, -0.2) is 68.9 Å². The van der Waals surface area contributed by atoms with Crippen molar-refractivity contribution in [2.24, 2.45) is 0 Å². The number of esters is 1. The van der Waals surface area contributed by atoms with Gasteiger partial charge in [-0.1, -0.05) is 33.7 Å². The quantitative estimate of drug-likeness (QED) is 0.181. The average molecular weight is 639 g/mol. The Morgan fingerprint density at radius 3 is 2.57 bits per heavy atom. The van der Waals surface area contributed by atoms with Gasteiger partial charge >= 0.3 is 5.97 Å². The zero-order valence-corrected chi connectivity index (χ0v) is 26.9. The van der Waals surface area contributed by atoms with Gasteiger partial charge in [0.15, 0.2) is 11.5 Å². The number of aromatic hydroxyl groups is 2. The van der Waals surface area contributed by atoms with Crippen LogP contribution in [0.3, 0.4) is 0 Å². The number of fused-ring (bicyclic) bond motifs is 5. The number of rotatable bonds is 9. The molecule has 44 heavy (non-hydrogen) atoms. The highest BCUT2D eigenvalue weighted by Gasteiger charge is 2.43. The Morgan fingerprint density at radius 1 is 1.05 bits per heavy atom. The summed E-state index contributed by atoms with van der Waals surface area (Å²) < 4.78 is 24.7. The van der Waals surface area contributed by atoms with E-state index in [2.05, 4.69) is 22.8 Å². The van der Waals surface area contributed by atoms with Crippen molar-refractivity contribution in [2.45, 2.75) is 43.1 Å². The van der Waals surface area contributed by atoms with Crippen LogP contribution < -0.4 is 24.8 Å². The van der Waals surface area contributed by atoms with Crippen LogP contribution in [0.1, 0.15) is 52.7 Å². The molecule has 0 saturated heterocycles. The van der Waals surface area contributed by atoms with E-state index in [-0.39, 0.29) is 42.0 Å². The van der Waals surface area contributed by atoms with Crippen LogP contribution in [0.2, 0.25) is 0 Å². The van der Waals surface area contributed by atoms with Gasteiger partial charge in [0, 0.05) is 65.8 Å². The number of phenolic OH excluding ortho intramolecular Hbond substituents is 2. The summed E-state index contributed by atoms with van der Waals surface area (Å²) >= 11 is 0. The van der Waals surface area contributed by atoms with Crippen LogP contribution in [0.5, 0.6) is 28.7 Å². The molecule has 0 aromatic heterocycles. The Labute approximate surface area is 265 Å². The molecule has 11 heteroatoms. The average Bonchev–Trinajstić information content (AvgIpc) is 3.35. The molecule has 3 aliphatic rings. The maximum absolute atomic E-state index is 12.0. The molecule has 2 heterocycles. The molecule has 0 spiro atoms. The van der Waals surface area contributed by atoms with E-state index in [1.807, 2.05) is 26.2 Å². The zero-order chi connectivity index (χ0) is 31.0. The van der Waals surface area contributed by atoms with Gasteiger partial charge in [-0.05, 0) is 55.4 Å². The number of hydrogen-bond acceptors (Lipinski definition) is 11. The van der Waals surface area contributed by atoms with Crippen molar-refractivity contribution < 1.29 is 34.0 Å². The normalized spacial score (nSPS) is 19.8. The molecular weight excluding hydrogens is 601 g/mol. The number of likely N-dealkylation sites (N-methyl/N-ethyl adjacent to an activating group) is 2. The van der Waals surface area contributed by atoms with Crippen molar-refractivity contribution >= 4 is 27.6 Å². The molecular formula is C33H38N2O7S2. The van der Waals surface area contributed by atoms with Crippen LogP contribution in [0.4, 0.5) is 0 Å². The Hall–Kier alpha value is -3.25. The molecule has 234 valence electrons. The lowest BCUT2D eigenvalue weighted by Gasteiger charge is -2.30. The molecule has 2 aliphatic heterocycles. The molecule has 9 nitrogen and oxygen atoms in total. The fourth-order valence-corrected chi connectivity index (χ4v) is 9.05. The summed E-state index contributed by atoms with van der Waals surface area (Å²) in [5.74, 6) is 3.07.